The summed E-state index contributed by atoms with van der Waals surface area (Å²) in [5.41, 5.74) is 1.81. The average Bonchev–Trinajstić information content (AvgIpc) is 2.39. The quantitative estimate of drug-likeness (QED) is 0.777. The summed E-state index contributed by atoms with van der Waals surface area (Å²) in [6.45, 7) is 0. The first-order chi connectivity index (χ1) is 8.22. The van der Waals surface area contributed by atoms with Crippen molar-refractivity contribution in [2.75, 3.05) is 6.26 Å². The van der Waals surface area contributed by atoms with Crippen LogP contribution in [0.5, 0.6) is 0 Å². The van der Waals surface area contributed by atoms with Crippen LogP contribution in [0.2, 0.25) is 0 Å². The third-order valence-electron chi connectivity index (χ3n) is 2.55. The van der Waals surface area contributed by atoms with Gasteiger partial charge < -0.3 is 9.90 Å². The van der Waals surface area contributed by atoms with Crippen molar-refractivity contribution in [3.05, 3.63) is 54.1 Å². The fraction of sp³-hybridized carbons (Fsp3) is 0.0714. The highest BCUT2D eigenvalue weighted by Crippen LogP contribution is 2.25. The summed E-state index contributed by atoms with van der Waals surface area (Å²) in [7, 11) is 0. The smallest absolute Gasteiger partial charge is 0.0721 e. The standard InChI is InChI=1S/C14H12O2S/c1-17-11-8-6-10(7-9-11)12-4-2-3-5-13(12)14(15)16/h2-9H,1H3,(H,15,16)/p-1. The van der Waals surface area contributed by atoms with Crippen molar-refractivity contribution in [3.8, 4) is 11.1 Å². The summed E-state index contributed by atoms with van der Waals surface area (Å²) in [4.78, 5) is 12.2. The summed E-state index contributed by atoms with van der Waals surface area (Å²) in [5.74, 6) is -1.14. The first-order valence-electron chi connectivity index (χ1n) is 5.17. The average molecular weight is 243 g/mol. The zero-order chi connectivity index (χ0) is 12.3. The molecular weight excluding hydrogens is 232 g/mol. The highest BCUT2D eigenvalue weighted by Gasteiger charge is 2.04. The number of carboxylic acid groups (broad SMARTS) is 1. The molecule has 0 aromatic heterocycles. The zero-order valence-electron chi connectivity index (χ0n) is 9.34. The lowest BCUT2D eigenvalue weighted by Gasteiger charge is -2.10. The first kappa shape index (κ1) is 11.7. The molecule has 0 unspecified atom stereocenters. The minimum Gasteiger partial charge on any atom is -0.545 e. The van der Waals surface area contributed by atoms with Crippen LogP contribution in [0.4, 0.5) is 0 Å². The maximum Gasteiger partial charge on any atom is 0.0721 e. The van der Waals surface area contributed by atoms with Crippen LogP contribution in [0, 0.1) is 0 Å². The molecular formula is C14H11O2S-. The van der Waals surface area contributed by atoms with Gasteiger partial charge in [0.2, 0.25) is 0 Å². The number of benzene rings is 2. The molecule has 0 aliphatic carbocycles. The largest absolute Gasteiger partial charge is 0.545 e. The normalized spacial score (nSPS) is 10.2. The van der Waals surface area contributed by atoms with Gasteiger partial charge in [-0.2, -0.15) is 0 Å². The molecule has 0 amide bonds. The second kappa shape index (κ2) is 5.06. The van der Waals surface area contributed by atoms with Crippen LogP contribution >= 0.6 is 11.8 Å². The van der Waals surface area contributed by atoms with E-state index in [-0.39, 0.29) is 5.56 Å². The summed E-state index contributed by atoms with van der Waals surface area (Å²) in [5, 5.41) is 11.0. The second-order valence-corrected chi connectivity index (χ2v) is 4.44. The van der Waals surface area contributed by atoms with E-state index in [1.54, 1.807) is 30.0 Å². The van der Waals surface area contributed by atoms with Gasteiger partial charge in [-0.15, -0.1) is 11.8 Å². The zero-order valence-corrected chi connectivity index (χ0v) is 10.2. The van der Waals surface area contributed by atoms with Crippen molar-refractivity contribution in [1.82, 2.24) is 0 Å². The number of thioether (sulfide) groups is 1. The minimum atomic E-state index is -1.14. The molecule has 2 aromatic carbocycles. The van der Waals surface area contributed by atoms with E-state index in [9.17, 15) is 9.90 Å². The molecule has 0 fully saturated rings. The van der Waals surface area contributed by atoms with Crippen molar-refractivity contribution in [2.24, 2.45) is 0 Å². The fourth-order valence-electron chi connectivity index (χ4n) is 1.68. The predicted molar refractivity (Wildman–Crippen MR) is 68.0 cm³/mol. The monoisotopic (exact) mass is 243 g/mol. The van der Waals surface area contributed by atoms with E-state index in [1.165, 1.54) is 0 Å². The molecule has 0 radical (unpaired) electrons. The van der Waals surface area contributed by atoms with Crippen LogP contribution in [0.25, 0.3) is 11.1 Å². The molecule has 0 bridgehead atoms. The molecule has 0 saturated carbocycles. The van der Waals surface area contributed by atoms with Gasteiger partial charge in [-0.3, -0.25) is 0 Å². The van der Waals surface area contributed by atoms with Gasteiger partial charge in [0.25, 0.3) is 0 Å². The van der Waals surface area contributed by atoms with Crippen LogP contribution in [0.15, 0.2) is 53.4 Å². The van der Waals surface area contributed by atoms with Crippen LogP contribution in [-0.2, 0) is 0 Å². The van der Waals surface area contributed by atoms with Crippen molar-refractivity contribution < 1.29 is 9.90 Å². The Kier molecular flexibility index (Phi) is 3.49. The molecule has 86 valence electrons. The van der Waals surface area contributed by atoms with E-state index in [0.717, 1.165) is 10.5 Å². The Balaban J connectivity index is 2.48. The molecule has 2 aromatic rings. The van der Waals surface area contributed by atoms with E-state index in [1.807, 2.05) is 36.6 Å². The molecule has 0 atom stereocenters. The summed E-state index contributed by atoms with van der Waals surface area (Å²) in [6, 6.07) is 14.7. The van der Waals surface area contributed by atoms with E-state index in [2.05, 4.69) is 0 Å². The SMILES string of the molecule is CSc1ccc(-c2ccccc2C(=O)[O-])cc1. The summed E-state index contributed by atoms with van der Waals surface area (Å²) >= 11 is 1.65. The topological polar surface area (TPSA) is 40.1 Å². The Hall–Kier alpha value is -1.74. The molecule has 0 N–H and O–H groups in total. The van der Waals surface area contributed by atoms with Crippen LogP contribution in [-0.4, -0.2) is 12.2 Å². The van der Waals surface area contributed by atoms with Crippen LogP contribution < -0.4 is 5.11 Å². The van der Waals surface area contributed by atoms with Crippen LogP contribution in [0.1, 0.15) is 10.4 Å². The number of hydrogen-bond acceptors (Lipinski definition) is 3. The minimum absolute atomic E-state index is 0.226. The Morgan fingerprint density at radius 3 is 2.29 bits per heavy atom. The van der Waals surface area contributed by atoms with Crippen molar-refractivity contribution in [3.63, 3.8) is 0 Å². The maximum atomic E-state index is 11.0. The number of aromatic carboxylic acids is 1. The number of hydrogen-bond donors (Lipinski definition) is 0. The van der Waals surface area contributed by atoms with Gasteiger partial charge in [-0.05, 0) is 29.5 Å². The van der Waals surface area contributed by atoms with Crippen LogP contribution in [0.3, 0.4) is 0 Å². The molecule has 0 spiro atoms. The number of carbonyl (C=O) groups excluding carboxylic acids is 1. The highest BCUT2D eigenvalue weighted by molar-refractivity contribution is 7.98. The molecule has 0 aliphatic rings. The lowest BCUT2D eigenvalue weighted by atomic mass is 10.00. The third-order valence-corrected chi connectivity index (χ3v) is 3.29. The Morgan fingerprint density at radius 2 is 1.71 bits per heavy atom. The number of carbonyl (C=O) groups is 1. The van der Waals surface area contributed by atoms with Gasteiger partial charge in [0.05, 0.1) is 5.97 Å². The van der Waals surface area contributed by atoms with Gasteiger partial charge in [-0.1, -0.05) is 36.4 Å². The lowest BCUT2D eigenvalue weighted by Crippen LogP contribution is -2.22. The van der Waals surface area contributed by atoms with E-state index in [0.29, 0.717) is 5.56 Å². The van der Waals surface area contributed by atoms with Crippen molar-refractivity contribution in [2.45, 2.75) is 4.90 Å². The van der Waals surface area contributed by atoms with Gasteiger partial charge >= 0.3 is 0 Å². The fourth-order valence-corrected chi connectivity index (χ4v) is 2.09. The summed E-state index contributed by atoms with van der Waals surface area (Å²) < 4.78 is 0. The molecule has 0 saturated heterocycles. The maximum absolute atomic E-state index is 11.0. The predicted octanol–water partition coefficient (Wildman–Crippen LogP) is 2.44. The van der Waals surface area contributed by atoms with Gasteiger partial charge in [-0.25, -0.2) is 0 Å². The van der Waals surface area contributed by atoms with Crippen molar-refractivity contribution in [1.29, 1.82) is 0 Å². The Bertz CT molecular complexity index is 532. The van der Waals surface area contributed by atoms with E-state index < -0.39 is 5.97 Å². The third kappa shape index (κ3) is 2.50. The second-order valence-electron chi connectivity index (χ2n) is 3.56. The highest BCUT2D eigenvalue weighted by atomic mass is 32.2. The van der Waals surface area contributed by atoms with Gasteiger partial charge in [0.15, 0.2) is 0 Å². The molecule has 2 rings (SSSR count). The molecule has 3 heteroatoms. The number of rotatable bonds is 3. The van der Waals surface area contributed by atoms with Gasteiger partial charge in [0, 0.05) is 10.5 Å². The first-order valence-corrected chi connectivity index (χ1v) is 6.39. The number of carboxylic acids is 1. The lowest BCUT2D eigenvalue weighted by molar-refractivity contribution is -0.254. The molecule has 17 heavy (non-hydrogen) atoms. The molecule has 0 aliphatic heterocycles. The van der Waals surface area contributed by atoms with E-state index in [4.69, 9.17) is 0 Å². The van der Waals surface area contributed by atoms with Gasteiger partial charge in [0.1, 0.15) is 0 Å². The Labute approximate surface area is 104 Å². The molecule has 2 nitrogen and oxygen atoms in total. The Morgan fingerprint density at radius 1 is 1.06 bits per heavy atom. The molecule has 0 heterocycles. The summed E-state index contributed by atoms with van der Waals surface area (Å²) in [6.07, 6.45) is 2.00. The van der Waals surface area contributed by atoms with E-state index >= 15 is 0 Å². The van der Waals surface area contributed by atoms with Crippen molar-refractivity contribution >= 4 is 17.7 Å².